The average molecular weight is 204 g/mol. The first-order valence-corrected chi connectivity index (χ1v) is 4.55. The van der Waals surface area contributed by atoms with Gasteiger partial charge in [0.25, 0.3) is 0 Å². The van der Waals surface area contributed by atoms with Gasteiger partial charge in [-0.05, 0) is 12.3 Å². The molecule has 13 heavy (non-hydrogen) atoms. The van der Waals surface area contributed by atoms with E-state index in [0.29, 0.717) is 6.07 Å². The van der Waals surface area contributed by atoms with Crippen LogP contribution in [0.5, 0.6) is 0 Å². The van der Waals surface area contributed by atoms with Crippen LogP contribution in [0.2, 0.25) is 0 Å². The maximum Gasteiger partial charge on any atom is 0.337 e. The van der Waals surface area contributed by atoms with Crippen molar-refractivity contribution in [1.29, 1.82) is 0 Å². The van der Waals surface area contributed by atoms with Crippen LogP contribution in [0.1, 0.15) is 10.4 Å². The Labute approximate surface area is 77.6 Å². The van der Waals surface area contributed by atoms with Crippen LogP contribution in [0.4, 0.5) is 8.78 Å². The minimum atomic E-state index is -1.33. The third kappa shape index (κ3) is 1.98. The lowest BCUT2D eigenvalue weighted by atomic mass is 10.2. The van der Waals surface area contributed by atoms with Crippen molar-refractivity contribution in [3.05, 3.63) is 29.3 Å². The molecule has 0 bridgehead atoms. The number of halogens is 2. The van der Waals surface area contributed by atoms with Crippen molar-refractivity contribution in [2.45, 2.75) is 4.90 Å². The molecule has 0 atom stereocenters. The summed E-state index contributed by atoms with van der Waals surface area (Å²) in [6, 6.07) is 1.47. The van der Waals surface area contributed by atoms with Gasteiger partial charge in [-0.25, -0.2) is 13.6 Å². The van der Waals surface area contributed by atoms with Crippen LogP contribution in [0.25, 0.3) is 0 Å². The second-order valence-corrected chi connectivity index (χ2v) is 3.09. The maximum atomic E-state index is 12.9. The summed E-state index contributed by atoms with van der Waals surface area (Å²) >= 11 is 0.937. The number of thioether (sulfide) groups is 1. The standard InChI is InChI=1S/C8H6F2O2S/c1-13-7-5(8(11)12)2-4(9)3-6(7)10/h2-3H,1H3,(H,11,12). The highest BCUT2D eigenvalue weighted by Gasteiger charge is 2.15. The van der Waals surface area contributed by atoms with Crippen molar-refractivity contribution in [3.8, 4) is 0 Å². The Hall–Kier alpha value is -1.10. The molecule has 0 fully saturated rings. The molecule has 0 spiro atoms. The number of rotatable bonds is 2. The van der Waals surface area contributed by atoms with E-state index < -0.39 is 17.6 Å². The van der Waals surface area contributed by atoms with Gasteiger partial charge >= 0.3 is 5.97 Å². The summed E-state index contributed by atoms with van der Waals surface area (Å²) in [4.78, 5) is 10.5. The molecule has 0 aromatic heterocycles. The van der Waals surface area contributed by atoms with Crippen LogP contribution in [-0.2, 0) is 0 Å². The van der Waals surface area contributed by atoms with Crippen LogP contribution in [0, 0.1) is 11.6 Å². The number of hydrogen-bond donors (Lipinski definition) is 1. The Balaban J connectivity index is 3.38. The molecular formula is C8H6F2O2S. The predicted octanol–water partition coefficient (Wildman–Crippen LogP) is 2.38. The topological polar surface area (TPSA) is 37.3 Å². The van der Waals surface area contributed by atoms with Crippen LogP contribution < -0.4 is 0 Å². The van der Waals surface area contributed by atoms with E-state index in [2.05, 4.69) is 0 Å². The van der Waals surface area contributed by atoms with Gasteiger partial charge < -0.3 is 5.11 Å². The number of carbonyl (C=O) groups is 1. The third-order valence-corrected chi connectivity index (χ3v) is 2.27. The Morgan fingerprint density at radius 1 is 1.46 bits per heavy atom. The summed E-state index contributed by atoms with van der Waals surface area (Å²) in [6.45, 7) is 0. The SMILES string of the molecule is CSc1c(F)cc(F)cc1C(=O)O. The molecule has 0 radical (unpaired) electrons. The fourth-order valence-electron chi connectivity index (χ4n) is 0.927. The molecule has 1 aromatic carbocycles. The van der Waals surface area contributed by atoms with Crippen molar-refractivity contribution in [1.82, 2.24) is 0 Å². The summed E-state index contributed by atoms with van der Waals surface area (Å²) in [7, 11) is 0. The van der Waals surface area contributed by atoms with Gasteiger partial charge in [-0.3, -0.25) is 0 Å². The molecule has 0 aliphatic rings. The largest absolute Gasteiger partial charge is 0.478 e. The van der Waals surface area contributed by atoms with Crippen LogP contribution in [-0.4, -0.2) is 17.3 Å². The van der Waals surface area contributed by atoms with E-state index >= 15 is 0 Å². The predicted molar refractivity (Wildman–Crippen MR) is 45.1 cm³/mol. The fraction of sp³-hybridized carbons (Fsp3) is 0.125. The molecule has 2 nitrogen and oxygen atoms in total. The summed E-state index contributed by atoms with van der Waals surface area (Å²) in [5.74, 6) is -3.06. The van der Waals surface area contributed by atoms with E-state index in [1.165, 1.54) is 6.26 Å². The Morgan fingerprint density at radius 2 is 2.08 bits per heavy atom. The molecule has 70 valence electrons. The third-order valence-electron chi connectivity index (χ3n) is 1.44. The van der Waals surface area contributed by atoms with Gasteiger partial charge in [-0.2, -0.15) is 0 Å². The van der Waals surface area contributed by atoms with Crippen LogP contribution >= 0.6 is 11.8 Å². The van der Waals surface area contributed by atoms with E-state index in [4.69, 9.17) is 5.11 Å². The van der Waals surface area contributed by atoms with Crippen molar-refractivity contribution in [3.63, 3.8) is 0 Å². The van der Waals surface area contributed by atoms with Crippen molar-refractivity contribution in [2.24, 2.45) is 0 Å². The Morgan fingerprint density at radius 3 is 2.54 bits per heavy atom. The molecule has 5 heteroatoms. The molecule has 0 aliphatic carbocycles. The zero-order chi connectivity index (χ0) is 10.0. The molecule has 1 aromatic rings. The van der Waals surface area contributed by atoms with Gasteiger partial charge in [0.05, 0.1) is 10.5 Å². The monoisotopic (exact) mass is 204 g/mol. The molecular weight excluding hydrogens is 198 g/mol. The quantitative estimate of drug-likeness (QED) is 0.751. The lowest BCUT2D eigenvalue weighted by Gasteiger charge is -2.03. The van der Waals surface area contributed by atoms with Gasteiger partial charge in [-0.15, -0.1) is 11.8 Å². The average Bonchev–Trinajstić information content (AvgIpc) is 2.02. The summed E-state index contributed by atoms with van der Waals surface area (Å²) < 4.78 is 25.5. The zero-order valence-electron chi connectivity index (χ0n) is 6.67. The zero-order valence-corrected chi connectivity index (χ0v) is 7.49. The Kier molecular flexibility index (Phi) is 2.87. The highest BCUT2D eigenvalue weighted by molar-refractivity contribution is 7.98. The lowest BCUT2D eigenvalue weighted by Crippen LogP contribution is -2.01. The van der Waals surface area contributed by atoms with E-state index in [0.717, 1.165) is 17.8 Å². The van der Waals surface area contributed by atoms with Gasteiger partial charge in [0, 0.05) is 6.07 Å². The number of aromatic carboxylic acids is 1. The van der Waals surface area contributed by atoms with Gasteiger partial charge in [-0.1, -0.05) is 0 Å². The number of hydrogen-bond acceptors (Lipinski definition) is 2. The minimum absolute atomic E-state index is 0.0473. The highest BCUT2D eigenvalue weighted by Crippen LogP contribution is 2.24. The van der Waals surface area contributed by atoms with E-state index in [1.807, 2.05) is 0 Å². The maximum absolute atomic E-state index is 12.9. The molecule has 0 aliphatic heterocycles. The molecule has 0 saturated carbocycles. The Bertz CT molecular complexity index is 352. The lowest BCUT2D eigenvalue weighted by molar-refractivity contribution is 0.0691. The number of carboxylic acids is 1. The second-order valence-electron chi connectivity index (χ2n) is 2.27. The molecule has 0 heterocycles. The van der Waals surface area contributed by atoms with Gasteiger partial charge in [0.1, 0.15) is 11.6 Å². The smallest absolute Gasteiger partial charge is 0.337 e. The molecule has 0 saturated heterocycles. The highest BCUT2D eigenvalue weighted by atomic mass is 32.2. The first-order chi connectivity index (χ1) is 6.06. The minimum Gasteiger partial charge on any atom is -0.478 e. The summed E-state index contributed by atoms with van der Waals surface area (Å²) in [5, 5.41) is 8.60. The first kappa shape index (κ1) is 9.98. The molecule has 1 N–H and O–H groups in total. The van der Waals surface area contributed by atoms with Crippen LogP contribution in [0.15, 0.2) is 17.0 Å². The van der Waals surface area contributed by atoms with E-state index in [-0.39, 0.29) is 10.5 Å². The normalized spacial score (nSPS) is 10.1. The molecule has 1 rings (SSSR count). The summed E-state index contributed by atoms with van der Waals surface area (Å²) in [6.07, 6.45) is 1.53. The number of benzene rings is 1. The van der Waals surface area contributed by atoms with Crippen LogP contribution in [0.3, 0.4) is 0 Å². The fourth-order valence-corrected chi connectivity index (χ4v) is 1.55. The van der Waals surface area contributed by atoms with E-state index in [1.54, 1.807) is 0 Å². The van der Waals surface area contributed by atoms with Crippen molar-refractivity contribution < 1.29 is 18.7 Å². The molecule has 0 amide bonds. The van der Waals surface area contributed by atoms with Crippen molar-refractivity contribution in [2.75, 3.05) is 6.26 Å². The first-order valence-electron chi connectivity index (χ1n) is 3.32. The van der Waals surface area contributed by atoms with Gasteiger partial charge in [0.2, 0.25) is 0 Å². The number of carboxylic acid groups (broad SMARTS) is 1. The second kappa shape index (κ2) is 3.74. The van der Waals surface area contributed by atoms with E-state index in [9.17, 15) is 13.6 Å². The summed E-state index contributed by atoms with van der Waals surface area (Å²) in [5.41, 5.74) is -0.343. The molecule has 0 unspecified atom stereocenters. The van der Waals surface area contributed by atoms with Crippen molar-refractivity contribution >= 4 is 17.7 Å². The van der Waals surface area contributed by atoms with Gasteiger partial charge in [0.15, 0.2) is 0 Å².